The molecule has 14 heavy (non-hydrogen) atoms. The predicted molar refractivity (Wildman–Crippen MR) is 54.1 cm³/mol. The van der Waals surface area contributed by atoms with Crippen LogP contribution in [0.25, 0.3) is 0 Å². The van der Waals surface area contributed by atoms with E-state index in [0.717, 1.165) is 5.56 Å². The third-order valence-electron chi connectivity index (χ3n) is 2.59. The number of benzene rings is 1. The number of nitrogens with two attached hydrogens (primary N) is 1. The van der Waals surface area contributed by atoms with Gasteiger partial charge in [0.25, 0.3) is 0 Å². The van der Waals surface area contributed by atoms with Crippen molar-refractivity contribution in [2.24, 2.45) is 0 Å². The second kappa shape index (κ2) is 3.67. The number of rotatable bonds is 2. The normalized spacial score (nSPS) is 14.4. The molecule has 0 saturated heterocycles. The van der Waals surface area contributed by atoms with Gasteiger partial charge in [-0.05, 0) is 31.0 Å². The van der Waals surface area contributed by atoms with Crippen LogP contribution in [0.5, 0.6) is 0 Å². The van der Waals surface area contributed by atoms with Gasteiger partial charge in [0.05, 0.1) is 17.2 Å². The van der Waals surface area contributed by atoms with Gasteiger partial charge < -0.3 is 5.73 Å². The van der Waals surface area contributed by atoms with E-state index in [-0.39, 0.29) is 5.69 Å². The first-order chi connectivity index (χ1) is 6.53. The molecule has 0 aliphatic carbocycles. The molecule has 0 heterocycles. The second-order valence-corrected chi connectivity index (χ2v) is 3.53. The highest BCUT2D eigenvalue weighted by atomic mass is 19.1. The molecule has 0 spiro atoms. The summed E-state index contributed by atoms with van der Waals surface area (Å²) in [4.78, 5) is 0. The Hall–Kier alpha value is -1.56. The lowest BCUT2D eigenvalue weighted by Crippen LogP contribution is -2.18. The maximum Gasteiger partial charge on any atom is 0.146 e. The molecule has 1 atom stereocenters. The van der Waals surface area contributed by atoms with Gasteiger partial charge in [0, 0.05) is 0 Å². The molecule has 0 bridgehead atoms. The van der Waals surface area contributed by atoms with E-state index in [2.05, 4.69) is 6.07 Å². The molecule has 1 unspecified atom stereocenters. The lowest BCUT2D eigenvalue weighted by molar-refractivity contribution is 0.582. The third kappa shape index (κ3) is 1.69. The summed E-state index contributed by atoms with van der Waals surface area (Å²) in [5, 5.41) is 9.01. The number of nitrogen functional groups attached to an aromatic ring is 1. The van der Waals surface area contributed by atoms with Crippen molar-refractivity contribution in [3.63, 3.8) is 0 Å². The molecular weight excluding hydrogens is 179 g/mol. The van der Waals surface area contributed by atoms with E-state index in [0.29, 0.717) is 6.42 Å². The number of nitrogens with zero attached hydrogens (tertiary/aromatic N) is 1. The Morgan fingerprint density at radius 2 is 2.21 bits per heavy atom. The van der Waals surface area contributed by atoms with Crippen LogP contribution in [0.2, 0.25) is 0 Å². The lowest BCUT2D eigenvalue weighted by Gasteiger charge is -2.20. The van der Waals surface area contributed by atoms with Crippen LogP contribution in [0.15, 0.2) is 18.2 Å². The minimum Gasteiger partial charge on any atom is -0.396 e. The van der Waals surface area contributed by atoms with Crippen molar-refractivity contribution in [1.29, 1.82) is 5.26 Å². The Bertz CT molecular complexity index is 381. The standard InChI is InChI=1S/C11H13FN2/c1-3-11(2,7-13)8-4-5-9(12)10(14)6-8/h4-6H,3,14H2,1-2H3. The Balaban J connectivity index is 3.21. The largest absolute Gasteiger partial charge is 0.396 e. The van der Waals surface area contributed by atoms with E-state index in [4.69, 9.17) is 11.0 Å². The van der Waals surface area contributed by atoms with E-state index in [1.165, 1.54) is 12.1 Å². The van der Waals surface area contributed by atoms with Gasteiger partial charge in [-0.1, -0.05) is 13.0 Å². The number of hydrogen-bond donors (Lipinski definition) is 1. The molecule has 0 aromatic heterocycles. The van der Waals surface area contributed by atoms with Gasteiger partial charge >= 0.3 is 0 Å². The van der Waals surface area contributed by atoms with Crippen LogP contribution in [-0.2, 0) is 5.41 Å². The number of nitriles is 1. The van der Waals surface area contributed by atoms with Crippen LogP contribution >= 0.6 is 0 Å². The summed E-state index contributed by atoms with van der Waals surface area (Å²) >= 11 is 0. The number of anilines is 1. The molecular formula is C11H13FN2. The van der Waals surface area contributed by atoms with Gasteiger partial charge in [-0.25, -0.2) is 4.39 Å². The Morgan fingerprint density at radius 3 is 2.64 bits per heavy atom. The van der Waals surface area contributed by atoms with Crippen molar-refractivity contribution >= 4 is 5.69 Å². The van der Waals surface area contributed by atoms with Gasteiger partial charge in [0.1, 0.15) is 5.82 Å². The van der Waals surface area contributed by atoms with Crippen molar-refractivity contribution < 1.29 is 4.39 Å². The first-order valence-corrected chi connectivity index (χ1v) is 4.50. The van der Waals surface area contributed by atoms with Crippen molar-refractivity contribution in [3.8, 4) is 6.07 Å². The average molecular weight is 192 g/mol. The zero-order valence-electron chi connectivity index (χ0n) is 8.34. The summed E-state index contributed by atoms with van der Waals surface area (Å²) < 4.78 is 12.9. The molecule has 0 amide bonds. The van der Waals surface area contributed by atoms with Gasteiger partial charge in [-0.3, -0.25) is 0 Å². The van der Waals surface area contributed by atoms with Crippen molar-refractivity contribution in [1.82, 2.24) is 0 Å². The first-order valence-electron chi connectivity index (χ1n) is 4.50. The zero-order chi connectivity index (χ0) is 10.8. The summed E-state index contributed by atoms with van der Waals surface area (Å²) in [6.45, 7) is 3.74. The predicted octanol–water partition coefficient (Wildman–Crippen LogP) is 2.60. The van der Waals surface area contributed by atoms with Gasteiger partial charge in [-0.15, -0.1) is 0 Å². The molecule has 0 fully saturated rings. The van der Waals surface area contributed by atoms with Crippen LogP contribution in [0.4, 0.5) is 10.1 Å². The summed E-state index contributed by atoms with van der Waals surface area (Å²) in [7, 11) is 0. The Morgan fingerprint density at radius 1 is 1.57 bits per heavy atom. The van der Waals surface area contributed by atoms with E-state index in [1.807, 2.05) is 13.8 Å². The summed E-state index contributed by atoms with van der Waals surface area (Å²) in [6, 6.07) is 6.65. The Labute approximate surface area is 83.2 Å². The van der Waals surface area contributed by atoms with Crippen LogP contribution < -0.4 is 5.73 Å². The molecule has 2 nitrogen and oxygen atoms in total. The fourth-order valence-corrected chi connectivity index (χ4v) is 1.23. The lowest BCUT2D eigenvalue weighted by atomic mass is 9.81. The molecule has 1 rings (SSSR count). The smallest absolute Gasteiger partial charge is 0.146 e. The molecule has 3 heteroatoms. The first kappa shape index (κ1) is 10.5. The SMILES string of the molecule is CCC(C)(C#N)c1ccc(F)c(N)c1. The number of hydrogen-bond acceptors (Lipinski definition) is 2. The second-order valence-electron chi connectivity index (χ2n) is 3.53. The maximum absolute atomic E-state index is 12.9. The van der Waals surface area contributed by atoms with E-state index >= 15 is 0 Å². The average Bonchev–Trinajstić information content (AvgIpc) is 2.21. The molecule has 0 aliphatic rings. The maximum atomic E-state index is 12.9. The van der Waals surface area contributed by atoms with Crippen LogP contribution in [-0.4, -0.2) is 0 Å². The summed E-state index contributed by atoms with van der Waals surface area (Å²) in [6.07, 6.45) is 0.675. The van der Waals surface area contributed by atoms with Crippen LogP contribution in [0, 0.1) is 17.1 Å². The minimum atomic E-state index is -0.582. The topological polar surface area (TPSA) is 49.8 Å². The monoisotopic (exact) mass is 192 g/mol. The highest BCUT2D eigenvalue weighted by Gasteiger charge is 2.24. The van der Waals surface area contributed by atoms with Gasteiger partial charge in [0.2, 0.25) is 0 Å². The van der Waals surface area contributed by atoms with Crippen LogP contribution in [0.3, 0.4) is 0 Å². The summed E-state index contributed by atoms with van der Waals surface area (Å²) in [5.41, 5.74) is 5.72. The highest BCUT2D eigenvalue weighted by molar-refractivity contribution is 5.46. The molecule has 0 radical (unpaired) electrons. The summed E-state index contributed by atoms with van der Waals surface area (Å²) in [5.74, 6) is -0.440. The fourth-order valence-electron chi connectivity index (χ4n) is 1.23. The zero-order valence-corrected chi connectivity index (χ0v) is 8.34. The molecule has 0 aliphatic heterocycles. The molecule has 0 saturated carbocycles. The van der Waals surface area contributed by atoms with Crippen molar-refractivity contribution in [2.45, 2.75) is 25.7 Å². The molecule has 1 aromatic rings. The minimum absolute atomic E-state index is 0.0948. The Kier molecular flexibility index (Phi) is 2.76. The quantitative estimate of drug-likeness (QED) is 0.732. The molecule has 2 N–H and O–H groups in total. The van der Waals surface area contributed by atoms with E-state index in [1.54, 1.807) is 6.07 Å². The molecule has 74 valence electrons. The van der Waals surface area contributed by atoms with Crippen molar-refractivity contribution in [2.75, 3.05) is 5.73 Å². The van der Waals surface area contributed by atoms with E-state index < -0.39 is 11.2 Å². The third-order valence-corrected chi connectivity index (χ3v) is 2.59. The molecule has 1 aromatic carbocycles. The fraction of sp³-hybridized carbons (Fsp3) is 0.364. The number of halogens is 1. The van der Waals surface area contributed by atoms with Gasteiger partial charge in [0.15, 0.2) is 0 Å². The van der Waals surface area contributed by atoms with Crippen LogP contribution in [0.1, 0.15) is 25.8 Å². The highest BCUT2D eigenvalue weighted by Crippen LogP contribution is 2.28. The van der Waals surface area contributed by atoms with E-state index in [9.17, 15) is 4.39 Å². The van der Waals surface area contributed by atoms with Gasteiger partial charge in [-0.2, -0.15) is 5.26 Å². The van der Waals surface area contributed by atoms with Crippen molar-refractivity contribution in [3.05, 3.63) is 29.6 Å².